The van der Waals surface area contributed by atoms with Gasteiger partial charge in [-0.3, -0.25) is 4.79 Å². The van der Waals surface area contributed by atoms with Crippen LogP contribution in [0.15, 0.2) is 54.7 Å². The zero-order chi connectivity index (χ0) is 24.2. The van der Waals surface area contributed by atoms with Crippen molar-refractivity contribution in [3.8, 4) is 5.69 Å². The van der Waals surface area contributed by atoms with Crippen LogP contribution in [0, 0.1) is 6.92 Å². The summed E-state index contributed by atoms with van der Waals surface area (Å²) >= 11 is 6.02. The molecule has 7 nitrogen and oxygen atoms in total. The van der Waals surface area contributed by atoms with E-state index < -0.39 is 0 Å². The third kappa shape index (κ3) is 5.25. The minimum absolute atomic E-state index is 0.0424. The smallest absolute Gasteiger partial charge is 0.321 e. The number of hydrogen-bond donors (Lipinski definition) is 1. The number of halogens is 1. The van der Waals surface area contributed by atoms with Crippen molar-refractivity contribution >= 4 is 29.2 Å². The molecule has 0 unspecified atom stereocenters. The highest BCUT2D eigenvalue weighted by molar-refractivity contribution is 6.30. The molecule has 3 aromatic rings. The summed E-state index contributed by atoms with van der Waals surface area (Å²) in [7, 11) is 0. The van der Waals surface area contributed by atoms with Gasteiger partial charge < -0.3 is 15.1 Å². The largest absolute Gasteiger partial charge is 0.337 e. The summed E-state index contributed by atoms with van der Waals surface area (Å²) in [5.41, 5.74) is 4.28. The van der Waals surface area contributed by atoms with Gasteiger partial charge in [0, 0.05) is 36.9 Å². The lowest BCUT2D eigenvalue weighted by molar-refractivity contribution is 0.0761. The van der Waals surface area contributed by atoms with Gasteiger partial charge in [-0.15, -0.1) is 0 Å². The van der Waals surface area contributed by atoms with Crippen molar-refractivity contribution < 1.29 is 9.59 Å². The summed E-state index contributed by atoms with van der Waals surface area (Å²) < 4.78 is 1.86. The molecule has 1 aliphatic rings. The Morgan fingerprint density at radius 3 is 2.41 bits per heavy atom. The van der Waals surface area contributed by atoms with E-state index in [0.29, 0.717) is 48.9 Å². The molecule has 3 amide bonds. The summed E-state index contributed by atoms with van der Waals surface area (Å²) in [6, 6.07) is 15.0. The molecule has 0 bridgehead atoms. The molecule has 0 spiro atoms. The van der Waals surface area contributed by atoms with E-state index in [1.54, 1.807) is 35.4 Å². The van der Waals surface area contributed by atoms with Crippen molar-refractivity contribution in [3.63, 3.8) is 0 Å². The van der Waals surface area contributed by atoms with Crippen LogP contribution < -0.4 is 5.32 Å². The minimum atomic E-state index is -0.188. The first kappa shape index (κ1) is 23.8. The van der Waals surface area contributed by atoms with Gasteiger partial charge in [-0.25, -0.2) is 9.48 Å². The first-order valence-electron chi connectivity index (χ1n) is 11.6. The summed E-state index contributed by atoms with van der Waals surface area (Å²) in [6.07, 6.45) is 2.38. The molecular formula is C26H30ClN5O2. The average molecular weight is 480 g/mol. The van der Waals surface area contributed by atoms with E-state index in [2.05, 4.69) is 24.3 Å². The van der Waals surface area contributed by atoms with Crippen LogP contribution in [0.2, 0.25) is 5.02 Å². The maximum absolute atomic E-state index is 13.5. The number of nitrogens with zero attached hydrogens (tertiary/aromatic N) is 4. The van der Waals surface area contributed by atoms with Gasteiger partial charge in [0.05, 0.1) is 23.1 Å². The topological polar surface area (TPSA) is 70.5 Å². The predicted molar refractivity (Wildman–Crippen MR) is 135 cm³/mol. The van der Waals surface area contributed by atoms with Crippen molar-refractivity contribution in [2.75, 3.05) is 31.5 Å². The van der Waals surface area contributed by atoms with E-state index in [1.807, 2.05) is 40.8 Å². The Hall–Kier alpha value is -3.32. The van der Waals surface area contributed by atoms with Crippen molar-refractivity contribution in [2.24, 2.45) is 0 Å². The Morgan fingerprint density at radius 1 is 1.00 bits per heavy atom. The second kappa shape index (κ2) is 10.3. The summed E-state index contributed by atoms with van der Waals surface area (Å²) in [4.78, 5) is 29.9. The number of aromatic nitrogens is 2. The number of nitrogens with one attached hydrogen (secondary N) is 1. The lowest BCUT2D eigenvalue weighted by atomic mass is 10.0. The second-order valence-corrected chi connectivity index (χ2v) is 9.36. The van der Waals surface area contributed by atoms with E-state index in [0.717, 1.165) is 11.4 Å². The second-order valence-electron chi connectivity index (χ2n) is 8.92. The molecule has 0 atom stereocenters. The van der Waals surface area contributed by atoms with E-state index >= 15 is 0 Å². The monoisotopic (exact) mass is 479 g/mol. The number of hydrogen-bond acceptors (Lipinski definition) is 3. The van der Waals surface area contributed by atoms with E-state index in [4.69, 9.17) is 11.6 Å². The number of rotatable bonds is 4. The van der Waals surface area contributed by atoms with Gasteiger partial charge in [0.1, 0.15) is 0 Å². The van der Waals surface area contributed by atoms with Crippen LogP contribution in [0.4, 0.5) is 10.5 Å². The lowest BCUT2D eigenvalue weighted by Crippen LogP contribution is -2.39. The molecule has 1 aliphatic heterocycles. The first-order chi connectivity index (χ1) is 16.3. The number of aryl methyl sites for hydroxylation is 1. The summed E-state index contributed by atoms with van der Waals surface area (Å²) in [6.45, 7) is 8.29. The standard InChI is InChI=1S/C26H30ClN5O2/c1-18(2)24-23(17-28-32(24)22-10-8-19(3)9-11-22)25(33)30-12-5-13-31(15-14-30)26(34)29-21-7-4-6-20(27)16-21/h4,6-11,16-18H,5,12-15H2,1-3H3,(H,29,34). The molecule has 1 fully saturated rings. The molecule has 178 valence electrons. The highest BCUT2D eigenvalue weighted by Gasteiger charge is 2.27. The Kier molecular flexibility index (Phi) is 7.22. The fraction of sp³-hybridized carbons (Fsp3) is 0.346. The molecule has 1 aromatic heterocycles. The molecule has 2 aromatic carbocycles. The highest BCUT2D eigenvalue weighted by Crippen LogP contribution is 2.25. The van der Waals surface area contributed by atoms with Crippen molar-refractivity contribution in [3.05, 3.63) is 76.6 Å². The first-order valence-corrected chi connectivity index (χ1v) is 12.0. The molecule has 34 heavy (non-hydrogen) atoms. The van der Waals surface area contributed by atoms with Crippen LogP contribution in [0.3, 0.4) is 0 Å². The van der Waals surface area contributed by atoms with E-state index in [-0.39, 0.29) is 17.9 Å². The Morgan fingerprint density at radius 2 is 1.71 bits per heavy atom. The van der Waals surface area contributed by atoms with Gasteiger partial charge in [-0.2, -0.15) is 5.10 Å². The molecular weight excluding hydrogens is 450 g/mol. The molecule has 8 heteroatoms. The van der Waals surface area contributed by atoms with E-state index in [9.17, 15) is 9.59 Å². The Labute approximate surface area is 205 Å². The maximum atomic E-state index is 13.5. The summed E-state index contributed by atoms with van der Waals surface area (Å²) in [5, 5.41) is 8.02. The SMILES string of the molecule is Cc1ccc(-n2ncc(C(=O)N3CCCN(C(=O)Nc4cccc(Cl)c4)CC3)c2C(C)C)cc1. The number of amides is 3. The van der Waals surface area contributed by atoms with Crippen LogP contribution >= 0.6 is 11.6 Å². The number of carbonyl (C=O) groups excluding carboxylic acids is 2. The average Bonchev–Trinajstić information content (AvgIpc) is 3.10. The van der Waals surface area contributed by atoms with Crippen molar-refractivity contribution in [2.45, 2.75) is 33.1 Å². The number of anilines is 1. The van der Waals surface area contributed by atoms with Gasteiger partial charge in [0.15, 0.2) is 0 Å². The van der Waals surface area contributed by atoms with Gasteiger partial charge in [0.25, 0.3) is 5.91 Å². The van der Waals surface area contributed by atoms with Gasteiger partial charge in [0.2, 0.25) is 0 Å². The van der Waals surface area contributed by atoms with Crippen LogP contribution in [0.1, 0.15) is 47.8 Å². The lowest BCUT2D eigenvalue weighted by Gasteiger charge is -2.23. The third-order valence-corrected chi connectivity index (χ3v) is 6.24. The third-order valence-electron chi connectivity index (χ3n) is 6.01. The van der Waals surface area contributed by atoms with Gasteiger partial charge in [-0.05, 0) is 49.6 Å². The zero-order valence-corrected chi connectivity index (χ0v) is 20.5. The fourth-order valence-electron chi connectivity index (χ4n) is 4.23. The van der Waals surface area contributed by atoms with Crippen LogP contribution in [-0.4, -0.2) is 57.7 Å². The zero-order valence-electron chi connectivity index (χ0n) is 19.8. The highest BCUT2D eigenvalue weighted by atomic mass is 35.5. The molecule has 0 saturated carbocycles. The minimum Gasteiger partial charge on any atom is -0.337 e. The molecule has 0 radical (unpaired) electrons. The predicted octanol–water partition coefficient (Wildman–Crippen LogP) is 5.34. The van der Waals surface area contributed by atoms with Gasteiger partial charge >= 0.3 is 6.03 Å². The molecule has 1 N–H and O–H groups in total. The number of benzene rings is 2. The fourth-order valence-corrected chi connectivity index (χ4v) is 4.42. The molecule has 2 heterocycles. The van der Waals surface area contributed by atoms with Crippen LogP contribution in [-0.2, 0) is 0 Å². The number of carbonyl (C=O) groups is 2. The van der Waals surface area contributed by atoms with Crippen LogP contribution in [0.25, 0.3) is 5.69 Å². The summed E-state index contributed by atoms with van der Waals surface area (Å²) in [5.74, 6) is 0.0777. The molecule has 0 aliphatic carbocycles. The van der Waals surface area contributed by atoms with Crippen molar-refractivity contribution in [1.82, 2.24) is 19.6 Å². The Balaban J connectivity index is 1.47. The molecule has 4 rings (SSSR count). The Bertz CT molecular complexity index is 1170. The number of urea groups is 1. The molecule has 1 saturated heterocycles. The van der Waals surface area contributed by atoms with E-state index in [1.165, 1.54) is 5.56 Å². The maximum Gasteiger partial charge on any atom is 0.321 e. The van der Waals surface area contributed by atoms with Crippen molar-refractivity contribution in [1.29, 1.82) is 0 Å². The normalized spacial score (nSPS) is 14.3. The van der Waals surface area contributed by atoms with Crippen LogP contribution in [0.5, 0.6) is 0 Å². The van der Waals surface area contributed by atoms with Gasteiger partial charge in [-0.1, -0.05) is 49.2 Å². The quantitative estimate of drug-likeness (QED) is 0.549.